The standard InChI is InChI=1S/C28H31N3O.ClH/c1-20-21(2)31(19-22-8-7-11-25(18-22)32-3)27-26(20)12-15-29-28(27)30-16-13-24(14-17-30)23-9-5-4-6-10-23;/h4-12,15,18,24H,13-14,16-17,19H2,1-3H3;1H. The van der Waals surface area contributed by atoms with Gasteiger partial charge in [0.1, 0.15) is 5.75 Å². The normalized spacial score (nSPS) is 14.3. The molecule has 4 aromatic rings. The monoisotopic (exact) mass is 461 g/mol. The molecule has 172 valence electrons. The summed E-state index contributed by atoms with van der Waals surface area (Å²) in [5.74, 6) is 2.65. The van der Waals surface area contributed by atoms with Crippen molar-refractivity contribution in [2.24, 2.45) is 0 Å². The van der Waals surface area contributed by atoms with Crippen molar-refractivity contribution in [3.05, 3.63) is 89.2 Å². The topological polar surface area (TPSA) is 30.3 Å². The quantitative estimate of drug-likeness (QED) is 0.339. The predicted molar refractivity (Wildman–Crippen MR) is 139 cm³/mol. The van der Waals surface area contributed by atoms with Gasteiger partial charge in [-0.3, -0.25) is 0 Å². The highest BCUT2D eigenvalue weighted by Crippen LogP contribution is 2.36. The van der Waals surface area contributed by atoms with Gasteiger partial charge in [-0.05, 0) is 67.5 Å². The molecule has 2 aromatic heterocycles. The second kappa shape index (κ2) is 9.88. The molecule has 0 saturated carbocycles. The number of piperidine rings is 1. The number of anilines is 1. The summed E-state index contributed by atoms with van der Waals surface area (Å²) in [6.45, 7) is 7.33. The fourth-order valence-corrected chi connectivity index (χ4v) is 5.11. The smallest absolute Gasteiger partial charge is 0.153 e. The minimum absolute atomic E-state index is 0. The number of nitrogens with zero attached hydrogens (tertiary/aromatic N) is 3. The zero-order chi connectivity index (χ0) is 22.1. The molecular weight excluding hydrogens is 430 g/mol. The maximum absolute atomic E-state index is 5.45. The average molecular weight is 462 g/mol. The number of fused-ring (bicyclic) bond motifs is 1. The number of halogens is 1. The zero-order valence-corrected chi connectivity index (χ0v) is 20.4. The van der Waals surface area contributed by atoms with E-state index >= 15 is 0 Å². The van der Waals surface area contributed by atoms with Crippen LogP contribution in [0.4, 0.5) is 5.82 Å². The number of pyridine rings is 1. The number of methoxy groups -OCH3 is 1. The number of aromatic nitrogens is 2. The Morgan fingerprint density at radius 2 is 1.73 bits per heavy atom. The average Bonchev–Trinajstić information content (AvgIpc) is 3.10. The highest BCUT2D eigenvalue weighted by Gasteiger charge is 2.25. The highest BCUT2D eigenvalue weighted by atomic mass is 35.5. The van der Waals surface area contributed by atoms with Crippen LogP contribution in [0, 0.1) is 13.8 Å². The molecule has 1 aliphatic rings. The Bertz CT molecular complexity index is 1230. The van der Waals surface area contributed by atoms with Crippen LogP contribution in [0.1, 0.15) is 41.1 Å². The fourth-order valence-electron chi connectivity index (χ4n) is 5.11. The third-order valence-electron chi connectivity index (χ3n) is 7.07. The van der Waals surface area contributed by atoms with E-state index in [1.54, 1.807) is 7.11 Å². The van der Waals surface area contributed by atoms with E-state index in [4.69, 9.17) is 9.72 Å². The van der Waals surface area contributed by atoms with E-state index in [0.717, 1.165) is 44.0 Å². The van der Waals surface area contributed by atoms with Crippen LogP contribution in [0.15, 0.2) is 66.9 Å². The summed E-state index contributed by atoms with van der Waals surface area (Å²) in [4.78, 5) is 7.39. The molecule has 0 atom stereocenters. The van der Waals surface area contributed by atoms with Gasteiger partial charge in [-0.15, -0.1) is 12.4 Å². The van der Waals surface area contributed by atoms with Crippen molar-refractivity contribution in [2.45, 2.75) is 39.2 Å². The van der Waals surface area contributed by atoms with Gasteiger partial charge in [-0.1, -0.05) is 42.5 Å². The Morgan fingerprint density at radius 3 is 2.45 bits per heavy atom. The van der Waals surface area contributed by atoms with Crippen LogP contribution in [0.3, 0.4) is 0 Å². The lowest BCUT2D eigenvalue weighted by molar-refractivity contribution is 0.414. The van der Waals surface area contributed by atoms with Crippen LogP contribution >= 0.6 is 12.4 Å². The number of hydrogen-bond acceptors (Lipinski definition) is 3. The van der Waals surface area contributed by atoms with Crippen molar-refractivity contribution < 1.29 is 4.74 Å². The van der Waals surface area contributed by atoms with Crippen molar-refractivity contribution in [1.82, 2.24) is 9.55 Å². The van der Waals surface area contributed by atoms with E-state index in [-0.39, 0.29) is 12.4 Å². The molecule has 2 aromatic carbocycles. The van der Waals surface area contributed by atoms with Crippen LogP contribution in [-0.4, -0.2) is 29.8 Å². The van der Waals surface area contributed by atoms with Crippen LogP contribution in [-0.2, 0) is 6.54 Å². The molecule has 0 amide bonds. The van der Waals surface area contributed by atoms with E-state index in [2.05, 4.69) is 77.9 Å². The van der Waals surface area contributed by atoms with E-state index in [1.165, 1.54) is 33.3 Å². The summed E-state index contributed by atoms with van der Waals surface area (Å²) in [6.07, 6.45) is 4.30. The molecule has 0 bridgehead atoms. The third-order valence-corrected chi connectivity index (χ3v) is 7.07. The van der Waals surface area contributed by atoms with Crippen molar-refractivity contribution in [3.8, 4) is 5.75 Å². The molecule has 1 saturated heterocycles. The van der Waals surface area contributed by atoms with Gasteiger partial charge in [0, 0.05) is 36.9 Å². The molecule has 0 spiro atoms. The van der Waals surface area contributed by atoms with E-state index in [9.17, 15) is 0 Å². The molecule has 5 rings (SSSR count). The minimum atomic E-state index is 0. The lowest BCUT2D eigenvalue weighted by Gasteiger charge is -2.33. The summed E-state index contributed by atoms with van der Waals surface area (Å²) < 4.78 is 7.89. The predicted octanol–water partition coefficient (Wildman–Crippen LogP) is 6.52. The van der Waals surface area contributed by atoms with Crippen molar-refractivity contribution >= 4 is 29.1 Å². The summed E-state index contributed by atoms with van der Waals surface area (Å²) in [7, 11) is 1.72. The molecule has 5 heteroatoms. The number of aryl methyl sites for hydroxylation is 1. The Hall–Kier alpha value is -2.98. The minimum Gasteiger partial charge on any atom is -0.497 e. The van der Waals surface area contributed by atoms with Gasteiger partial charge in [0.2, 0.25) is 0 Å². The molecule has 0 unspecified atom stereocenters. The first-order valence-electron chi connectivity index (χ1n) is 11.5. The van der Waals surface area contributed by atoms with Gasteiger partial charge in [-0.2, -0.15) is 0 Å². The Kier molecular flexibility index (Phi) is 6.94. The van der Waals surface area contributed by atoms with Gasteiger partial charge >= 0.3 is 0 Å². The van der Waals surface area contributed by atoms with E-state index in [0.29, 0.717) is 5.92 Å². The van der Waals surface area contributed by atoms with E-state index in [1.807, 2.05) is 12.3 Å². The first-order chi connectivity index (χ1) is 15.7. The summed E-state index contributed by atoms with van der Waals surface area (Å²) in [5, 5.41) is 1.31. The summed E-state index contributed by atoms with van der Waals surface area (Å²) in [5.41, 5.74) is 6.60. The fraction of sp³-hybridized carbons (Fsp3) is 0.321. The van der Waals surface area contributed by atoms with Crippen LogP contribution in [0.2, 0.25) is 0 Å². The number of benzene rings is 2. The molecule has 3 heterocycles. The molecule has 0 radical (unpaired) electrons. The van der Waals surface area contributed by atoms with Crippen LogP contribution < -0.4 is 9.64 Å². The van der Waals surface area contributed by atoms with Crippen LogP contribution in [0.25, 0.3) is 10.9 Å². The number of hydrogen-bond donors (Lipinski definition) is 0. The number of ether oxygens (including phenoxy) is 1. The van der Waals surface area contributed by atoms with Gasteiger partial charge < -0.3 is 14.2 Å². The highest BCUT2D eigenvalue weighted by molar-refractivity contribution is 5.93. The van der Waals surface area contributed by atoms with Crippen molar-refractivity contribution in [2.75, 3.05) is 25.1 Å². The molecule has 0 N–H and O–H groups in total. The van der Waals surface area contributed by atoms with Crippen molar-refractivity contribution in [3.63, 3.8) is 0 Å². The molecular formula is C28H32ClN3O. The molecule has 1 aliphatic heterocycles. The Balaban J connectivity index is 0.00000259. The second-order valence-electron chi connectivity index (χ2n) is 8.85. The second-order valence-corrected chi connectivity index (χ2v) is 8.85. The van der Waals surface area contributed by atoms with Gasteiger partial charge in [-0.25, -0.2) is 4.98 Å². The van der Waals surface area contributed by atoms with Gasteiger partial charge in [0.25, 0.3) is 0 Å². The number of rotatable bonds is 5. The molecule has 1 fully saturated rings. The van der Waals surface area contributed by atoms with Gasteiger partial charge in [0.15, 0.2) is 5.82 Å². The summed E-state index contributed by atoms with van der Waals surface area (Å²) in [6, 6.07) is 21.5. The van der Waals surface area contributed by atoms with Crippen molar-refractivity contribution in [1.29, 1.82) is 0 Å². The maximum atomic E-state index is 5.45. The Labute approximate surface area is 202 Å². The SMILES string of the molecule is COc1cccc(Cn2c(C)c(C)c3ccnc(N4CCC(c5ccccc5)CC4)c32)c1.Cl. The Morgan fingerprint density at radius 1 is 0.970 bits per heavy atom. The third kappa shape index (κ3) is 4.45. The molecule has 4 nitrogen and oxygen atoms in total. The van der Waals surface area contributed by atoms with E-state index < -0.39 is 0 Å². The van der Waals surface area contributed by atoms with Crippen LogP contribution in [0.5, 0.6) is 5.75 Å². The zero-order valence-electron chi connectivity index (χ0n) is 19.6. The lowest BCUT2D eigenvalue weighted by atomic mass is 9.89. The maximum Gasteiger partial charge on any atom is 0.153 e. The molecule has 33 heavy (non-hydrogen) atoms. The lowest BCUT2D eigenvalue weighted by Crippen LogP contribution is -2.33. The largest absolute Gasteiger partial charge is 0.497 e. The molecule has 0 aliphatic carbocycles. The first-order valence-corrected chi connectivity index (χ1v) is 11.5. The van der Waals surface area contributed by atoms with Gasteiger partial charge in [0.05, 0.1) is 12.6 Å². The summed E-state index contributed by atoms with van der Waals surface area (Å²) >= 11 is 0. The first kappa shape index (κ1) is 23.2.